The molecule has 0 amide bonds. The fourth-order valence-corrected chi connectivity index (χ4v) is 4.05. The van der Waals surface area contributed by atoms with Gasteiger partial charge in [-0.05, 0) is 43.1 Å². The highest BCUT2D eigenvalue weighted by atomic mass is 35.5. The lowest BCUT2D eigenvalue weighted by Crippen LogP contribution is -2.28. The predicted octanol–water partition coefficient (Wildman–Crippen LogP) is 5.48. The summed E-state index contributed by atoms with van der Waals surface area (Å²) >= 11 is 6.09. The molecule has 1 saturated heterocycles. The van der Waals surface area contributed by atoms with Crippen molar-refractivity contribution in [2.24, 2.45) is 0 Å². The molecule has 0 saturated carbocycles. The third-order valence-corrected chi connectivity index (χ3v) is 5.53. The van der Waals surface area contributed by atoms with Crippen LogP contribution in [0.3, 0.4) is 0 Å². The first-order valence-electron chi connectivity index (χ1n) is 9.45. The molecule has 3 rings (SSSR count). The summed E-state index contributed by atoms with van der Waals surface area (Å²) in [6.07, 6.45) is 4.87. The summed E-state index contributed by atoms with van der Waals surface area (Å²) < 4.78 is 16.7. The summed E-state index contributed by atoms with van der Waals surface area (Å²) in [5, 5.41) is 0.778. The van der Waals surface area contributed by atoms with E-state index in [4.69, 9.17) is 25.8 Å². The number of ether oxygens (including phenoxy) is 3. The van der Waals surface area contributed by atoms with Gasteiger partial charge in [-0.2, -0.15) is 0 Å². The van der Waals surface area contributed by atoms with Crippen molar-refractivity contribution in [2.45, 2.75) is 38.3 Å². The van der Waals surface area contributed by atoms with Crippen LogP contribution in [-0.2, 0) is 6.54 Å². The van der Waals surface area contributed by atoms with Crippen molar-refractivity contribution in [1.82, 2.24) is 4.90 Å². The van der Waals surface area contributed by atoms with Crippen LogP contribution in [0.25, 0.3) is 0 Å². The molecule has 0 bridgehead atoms. The van der Waals surface area contributed by atoms with Crippen LogP contribution in [0.2, 0.25) is 5.02 Å². The second kappa shape index (κ2) is 9.34. The monoisotopic (exact) mass is 389 g/mol. The molecule has 1 atom stereocenters. The summed E-state index contributed by atoms with van der Waals surface area (Å²) in [5.41, 5.74) is 2.43. The second-order valence-corrected chi connectivity index (χ2v) is 7.32. The van der Waals surface area contributed by atoms with Gasteiger partial charge in [0, 0.05) is 23.2 Å². The third kappa shape index (κ3) is 4.50. The maximum absolute atomic E-state index is 6.09. The van der Waals surface area contributed by atoms with Crippen molar-refractivity contribution in [1.29, 1.82) is 0 Å². The zero-order valence-corrected chi connectivity index (χ0v) is 17.1. The van der Waals surface area contributed by atoms with E-state index in [2.05, 4.69) is 23.1 Å². The Hall–Kier alpha value is -1.91. The topological polar surface area (TPSA) is 30.9 Å². The number of halogens is 1. The number of hydrogen-bond donors (Lipinski definition) is 0. The molecule has 5 heteroatoms. The van der Waals surface area contributed by atoms with Gasteiger partial charge in [0.25, 0.3) is 0 Å². The lowest BCUT2D eigenvalue weighted by atomic mass is 10.00. The quantitative estimate of drug-likeness (QED) is 0.654. The number of likely N-dealkylation sites (tertiary alicyclic amines) is 1. The highest BCUT2D eigenvalue weighted by Gasteiger charge is 2.25. The summed E-state index contributed by atoms with van der Waals surface area (Å²) in [6, 6.07) is 12.7. The van der Waals surface area contributed by atoms with Gasteiger partial charge in [0.2, 0.25) is 5.75 Å². The molecule has 146 valence electrons. The number of nitrogens with zero attached hydrogens (tertiary/aromatic N) is 1. The molecule has 0 aromatic heterocycles. The average Bonchev–Trinajstić information content (AvgIpc) is 2.93. The Balaban J connectivity index is 1.92. The van der Waals surface area contributed by atoms with Crippen molar-refractivity contribution in [2.75, 3.05) is 27.9 Å². The molecule has 0 spiro atoms. The molecule has 0 aliphatic carbocycles. The van der Waals surface area contributed by atoms with Crippen molar-refractivity contribution in [3.63, 3.8) is 0 Å². The zero-order chi connectivity index (χ0) is 19.2. The minimum atomic E-state index is 0.377. The van der Waals surface area contributed by atoms with Crippen LogP contribution >= 0.6 is 11.6 Å². The fraction of sp³-hybridized carbons (Fsp3) is 0.455. The third-order valence-electron chi connectivity index (χ3n) is 5.28. The molecule has 27 heavy (non-hydrogen) atoms. The molecular formula is C22H28ClNO3. The van der Waals surface area contributed by atoms with E-state index < -0.39 is 0 Å². The largest absolute Gasteiger partial charge is 0.493 e. The van der Waals surface area contributed by atoms with E-state index in [1.165, 1.54) is 24.8 Å². The van der Waals surface area contributed by atoms with E-state index in [9.17, 15) is 0 Å². The Morgan fingerprint density at radius 1 is 0.889 bits per heavy atom. The molecular weight excluding hydrogens is 362 g/mol. The minimum Gasteiger partial charge on any atom is -0.493 e. The van der Waals surface area contributed by atoms with Gasteiger partial charge in [0.05, 0.1) is 21.3 Å². The standard InChI is InChI=1S/C22H28ClNO3/c1-25-20-13-10-17(21(26-2)22(20)27-3)15-24-14-6-4-5-7-19(24)16-8-11-18(23)12-9-16/h8-13,19H,4-7,14-15H2,1-3H3/t19-/m1/s1. The van der Waals surface area contributed by atoms with Crippen molar-refractivity contribution in [3.05, 3.63) is 52.5 Å². The zero-order valence-electron chi connectivity index (χ0n) is 16.3. The maximum Gasteiger partial charge on any atom is 0.203 e. The van der Waals surface area contributed by atoms with E-state index in [1.54, 1.807) is 21.3 Å². The van der Waals surface area contributed by atoms with Crippen LogP contribution in [0, 0.1) is 0 Å². The van der Waals surface area contributed by atoms with E-state index in [0.717, 1.165) is 35.8 Å². The molecule has 0 N–H and O–H groups in total. The Bertz CT molecular complexity index is 748. The normalized spacial score (nSPS) is 18.0. The smallest absolute Gasteiger partial charge is 0.203 e. The summed E-state index contributed by atoms with van der Waals surface area (Å²) in [5.74, 6) is 2.08. The van der Waals surface area contributed by atoms with Gasteiger partial charge in [-0.15, -0.1) is 0 Å². The first-order valence-corrected chi connectivity index (χ1v) is 9.83. The van der Waals surface area contributed by atoms with Crippen LogP contribution in [0.15, 0.2) is 36.4 Å². The summed E-state index contributed by atoms with van der Waals surface area (Å²) in [6.45, 7) is 1.86. The Labute approximate surface area is 167 Å². The van der Waals surface area contributed by atoms with E-state index in [1.807, 2.05) is 18.2 Å². The minimum absolute atomic E-state index is 0.377. The first-order chi connectivity index (χ1) is 13.2. The number of methoxy groups -OCH3 is 3. The van der Waals surface area contributed by atoms with Gasteiger partial charge in [-0.25, -0.2) is 0 Å². The molecule has 1 heterocycles. The van der Waals surface area contributed by atoms with Crippen LogP contribution in [0.4, 0.5) is 0 Å². The SMILES string of the molecule is COc1ccc(CN2CCCCC[C@@H]2c2ccc(Cl)cc2)c(OC)c1OC. The van der Waals surface area contributed by atoms with E-state index in [0.29, 0.717) is 17.5 Å². The molecule has 0 unspecified atom stereocenters. The Morgan fingerprint density at radius 2 is 1.63 bits per heavy atom. The van der Waals surface area contributed by atoms with Crippen LogP contribution in [-0.4, -0.2) is 32.8 Å². The van der Waals surface area contributed by atoms with Crippen molar-refractivity contribution in [3.8, 4) is 17.2 Å². The number of benzene rings is 2. The summed E-state index contributed by atoms with van der Waals surface area (Å²) in [7, 11) is 4.97. The van der Waals surface area contributed by atoms with Crippen molar-refractivity contribution >= 4 is 11.6 Å². The van der Waals surface area contributed by atoms with Crippen molar-refractivity contribution < 1.29 is 14.2 Å². The number of rotatable bonds is 6. The number of hydrogen-bond acceptors (Lipinski definition) is 4. The van der Waals surface area contributed by atoms with Crippen LogP contribution in [0.1, 0.15) is 42.9 Å². The van der Waals surface area contributed by atoms with Gasteiger partial charge in [0.1, 0.15) is 0 Å². The van der Waals surface area contributed by atoms with E-state index >= 15 is 0 Å². The van der Waals surface area contributed by atoms with Gasteiger partial charge < -0.3 is 14.2 Å². The van der Waals surface area contributed by atoms with Gasteiger partial charge >= 0.3 is 0 Å². The lowest BCUT2D eigenvalue weighted by Gasteiger charge is -2.31. The summed E-state index contributed by atoms with van der Waals surface area (Å²) in [4.78, 5) is 2.54. The lowest BCUT2D eigenvalue weighted by molar-refractivity contribution is 0.189. The molecule has 1 aliphatic rings. The molecule has 0 radical (unpaired) electrons. The highest BCUT2D eigenvalue weighted by Crippen LogP contribution is 2.41. The predicted molar refractivity (Wildman–Crippen MR) is 109 cm³/mol. The average molecular weight is 390 g/mol. The van der Waals surface area contributed by atoms with Gasteiger partial charge in [0.15, 0.2) is 11.5 Å². The molecule has 1 aliphatic heterocycles. The Morgan fingerprint density at radius 3 is 2.30 bits per heavy atom. The fourth-order valence-electron chi connectivity index (χ4n) is 3.93. The van der Waals surface area contributed by atoms with Crippen LogP contribution in [0.5, 0.6) is 17.2 Å². The molecule has 1 fully saturated rings. The van der Waals surface area contributed by atoms with Gasteiger partial charge in [-0.3, -0.25) is 4.90 Å². The molecule has 4 nitrogen and oxygen atoms in total. The molecule has 2 aromatic rings. The maximum atomic E-state index is 6.09. The van der Waals surface area contributed by atoms with E-state index in [-0.39, 0.29) is 0 Å². The Kier molecular flexibility index (Phi) is 6.86. The van der Waals surface area contributed by atoms with Crippen LogP contribution < -0.4 is 14.2 Å². The highest BCUT2D eigenvalue weighted by molar-refractivity contribution is 6.30. The van der Waals surface area contributed by atoms with Gasteiger partial charge in [-0.1, -0.05) is 42.6 Å². The molecule has 2 aromatic carbocycles. The second-order valence-electron chi connectivity index (χ2n) is 6.88. The first kappa shape index (κ1) is 19.8.